The van der Waals surface area contributed by atoms with Crippen LogP contribution in [0.15, 0.2) is 48.5 Å². The molecule has 3 atom stereocenters. The molecule has 31 heavy (non-hydrogen) atoms. The molecule has 2 aliphatic rings. The average molecular weight is 442 g/mol. The number of carbonyl (C=O) groups excluding carboxylic acids is 3. The van der Waals surface area contributed by atoms with Crippen molar-refractivity contribution < 1.29 is 18.8 Å². The molecule has 0 aliphatic carbocycles. The van der Waals surface area contributed by atoms with Crippen LogP contribution in [0.4, 0.5) is 4.39 Å². The van der Waals surface area contributed by atoms with Crippen LogP contribution < -0.4 is 10.6 Å². The normalized spacial score (nSPS) is 21.9. The van der Waals surface area contributed by atoms with Crippen molar-refractivity contribution >= 4 is 29.5 Å². The fraction of sp³-hybridized carbons (Fsp3) is 0.348. The van der Waals surface area contributed by atoms with Gasteiger partial charge in [0.2, 0.25) is 11.8 Å². The molecule has 2 N–H and O–H groups in total. The third kappa shape index (κ3) is 3.92. The van der Waals surface area contributed by atoms with Crippen molar-refractivity contribution in [3.8, 4) is 0 Å². The van der Waals surface area contributed by atoms with E-state index in [2.05, 4.69) is 10.6 Å². The molecule has 1 fully saturated rings. The van der Waals surface area contributed by atoms with Gasteiger partial charge in [0.1, 0.15) is 23.3 Å². The molecule has 3 amide bonds. The Bertz CT molecular complexity index is 1040. The van der Waals surface area contributed by atoms with Gasteiger partial charge in [-0.15, -0.1) is 11.8 Å². The number of rotatable bonds is 5. The van der Waals surface area contributed by atoms with Crippen LogP contribution in [-0.2, 0) is 16.1 Å². The molecular formula is C23H24FN3O3S. The minimum atomic E-state index is -0.784. The van der Waals surface area contributed by atoms with E-state index in [1.54, 1.807) is 41.8 Å². The van der Waals surface area contributed by atoms with Crippen molar-refractivity contribution in [2.45, 2.75) is 49.5 Å². The van der Waals surface area contributed by atoms with E-state index in [1.807, 2.05) is 32.0 Å². The minimum Gasteiger partial charge on any atom is -0.350 e. The Kier molecular flexibility index (Phi) is 5.51. The monoisotopic (exact) mass is 441 g/mol. The second kappa shape index (κ2) is 8.00. The molecule has 0 unspecified atom stereocenters. The molecule has 0 aromatic heterocycles. The summed E-state index contributed by atoms with van der Waals surface area (Å²) < 4.78 is 12.5. The average Bonchev–Trinajstić information content (AvgIpc) is 3.16. The number of halogens is 1. The molecule has 1 saturated heterocycles. The first kappa shape index (κ1) is 21.4. The van der Waals surface area contributed by atoms with Gasteiger partial charge < -0.3 is 15.5 Å². The summed E-state index contributed by atoms with van der Waals surface area (Å²) in [4.78, 5) is 40.3. The van der Waals surface area contributed by atoms with Gasteiger partial charge in [0, 0.05) is 16.9 Å². The summed E-state index contributed by atoms with van der Waals surface area (Å²) in [7, 11) is 0. The zero-order valence-corrected chi connectivity index (χ0v) is 18.3. The van der Waals surface area contributed by atoms with E-state index in [4.69, 9.17) is 0 Å². The Balaban J connectivity index is 1.43. The van der Waals surface area contributed by atoms with Crippen LogP contribution >= 0.6 is 11.8 Å². The van der Waals surface area contributed by atoms with Gasteiger partial charge in [-0.2, -0.15) is 0 Å². The fourth-order valence-corrected chi connectivity index (χ4v) is 5.70. The molecule has 4 rings (SSSR count). The quantitative estimate of drug-likeness (QED) is 0.748. The van der Waals surface area contributed by atoms with Crippen molar-refractivity contribution in [3.05, 3.63) is 71.0 Å². The number of benzene rings is 2. The van der Waals surface area contributed by atoms with Crippen molar-refractivity contribution in [1.82, 2.24) is 15.5 Å². The molecular weight excluding hydrogens is 417 g/mol. The minimum absolute atomic E-state index is 0.160. The van der Waals surface area contributed by atoms with Crippen LogP contribution in [-0.4, -0.2) is 39.5 Å². The number of hydrogen-bond donors (Lipinski definition) is 2. The van der Waals surface area contributed by atoms with E-state index in [-0.39, 0.29) is 35.5 Å². The van der Waals surface area contributed by atoms with Crippen molar-refractivity contribution in [2.75, 3.05) is 0 Å². The van der Waals surface area contributed by atoms with Gasteiger partial charge in [-0.1, -0.05) is 30.3 Å². The Morgan fingerprint density at radius 1 is 1.16 bits per heavy atom. The maximum absolute atomic E-state index is 13.2. The molecule has 162 valence electrons. The molecule has 2 aliphatic heterocycles. The highest BCUT2D eigenvalue weighted by molar-refractivity contribution is 8.01. The van der Waals surface area contributed by atoms with Crippen molar-refractivity contribution in [2.24, 2.45) is 0 Å². The van der Waals surface area contributed by atoms with Gasteiger partial charge >= 0.3 is 0 Å². The zero-order valence-electron chi connectivity index (χ0n) is 17.5. The Hall–Kier alpha value is -2.87. The van der Waals surface area contributed by atoms with Gasteiger partial charge in [-0.05, 0) is 50.1 Å². The molecule has 8 heteroatoms. The summed E-state index contributed by atoms with van der Waals surface area (Å²) in [5.74, 6) is -1.21. The topological polar surface area (TPSA) is 78.5 Å². The smallest absolute Gasteiger partial charge is 0.256 e. The van der Waals surface area contributed by atoms with Crippen molar-refractivity contribution in [3.63, 3.8) is 0 Å². The first-order valence-corrected chi connectivity index (χ1v) is 11.0. The third-order valence-corrected chi connectivity index (χ3v) is 7.21. The lowest BCUT2D eigenvalue weighted by atomic mass is 10.0. The Labute approximate surface area is 184 Å². The first-order valence-electron chi connectivity index (χ1n) is 10.1. The molecule has 6 nitrogen and oxygen atoms in total. The van der Waals surface area contributed by atoms with E-state index in [1.165, 1.54) is 12.1 Å². The molecule has 0 saturated carbocycles. The van der Waals surface area contributed by atoms with E-state index >= 15 is 0 Å². The van der Waals surface area contributed by atoms with Crippen LogP contribution in [0.25, 0.3) is 0 Å². The summed E-state index contributed by atoms with van der Waals surface area (Å²) in [5.41, 5.74) is 2.30. The van der Waals surface area contributed by atoms with Crippen LogP contribution in [0.5, 0.6) is 0 Å². The zero-order chi connectivity index (χ0) is 22.3. The summed E-state index contributed by atoms with van der Waals surface area (Å²) in [6.07, 6.45) is 0. The second-order valence-electron chi connectivity index (χ2n) is 8.35. The second-order valence-corrected chi connectivity index (χ2v) is 10.1. The Morgan fingerprint density at radius 2 is 1.84 bits per heavy atom. The lowest BCUT2D eigenvalue weighted by molar-refractivity contribution is -0.131. The lowest BCUT2D eigenvalue weighted by Crippen LogP contribution is -2.56. The predicted molar refractivity (Wildman–Crippen MR) is 117 cm³/mol. The fourth-order valence-electron chi connectivity index (χ4n) is 4.11. The molecule has 0 spiro atoms. The number of fused-ring (bicyclic) bond motifs is 3. The van der Waals surface area contributed by atoms with Gasteiger partial charge in [-0.25, -0.2) is 4.39 Å². The van der Waals surface area contributed by atoms with Crippen molar-refractivity contribution in [1.29, 1.82) is 0 Å². The van der Waals surface area contributed by atoms with E-state index in [0.717, 1.165) is 11.1 Å². The van der Waals surface area contributed by atoms with E-state index in [0.29, 0.717) is 5.56 Å². The summed E-state index contributed by atoms with van der Waals surface area (Å²) in [5, 5.41) is 5.30. The number of thioether (sulfide) groups is 1. The molecule has 0 bridgehead atoms. The maximum atomic E-state index is 13.2. The van der Waals surface area contributed by atoms with Gasteiger partial charge in [0.25, 0.3) is 5.91 Å². The predicted octanol–water partition coefficient (Wildman–Crippen LogP) is 3.00. The highest BCUT2D eigenvalue weighted by Crippen LogP contribution is 2.56. The highest BCUT2D eigenvalue weighted by atomic mass is 32.2. The number of nitrogens with zero attached hydrogens (tertiary/aromatic N) is 1. The number of carbonyl (C=O) groups is 3. The lowest BCUT2D eigenvalue weighted by Gasteiger charge is -2.30. The van der Waals surface area contributed by atoms with Gasteiger partial charge in [-0.3, -0.25) is 14.4 Å². The summed E-state index contributed by atoms with van der Waals surface area (Å²) in [6.45, 7) is 5.71. The molecule has 0 radical (unpaired) electrons. The number of nitrogens with one attached hydrogen (secondary N) is 2. The number of hydrogen-bond acceptors (Lipinski definition) is 4. The van der Waals surface area contributed by atoms with E-state index in [9.17, 15) is 18.8 Å². The van der Waals surface area contributed by atoms with Crippen LogP contribution in [0, 0.1) is 5.82 Å². The van der Waals surface area contributed by atoms with Crippen LogP contribution in [0.3, 0.4) is 0 Å². The van der Waals surface area contributed by atoms with Crippen LogP contribution in [0.1, 0.15) is 47.6 Å². The molecule has 2 aromatic carbocycles. The standard InChI is InChI=1S/C23H24FN3O3S/c1-13(19(28)25-12-14-8-10-15(24)11-9-14)26-20(29)18-23(2,3)31-22-17-7-5-4-6-16(17)21(30)27(18)22/h4-11,13,18,22H,12H2,1-3H3,(H,25,28)(H,26,29)/t13-,18+,22+/m0/s1. The van der Waals surface area contributed by atoms with Crippen LogP contribution in [0.2, 0.25) is 0 Å². The summed E-state index contributed by atoms with van der Waals surface area (Å²) in [6, 6.07) is 11.8. The van der Waals surface area contributed by atoms with Gasteiger partial charge in [0.05, 0.1) is 0 Å². The van der Waals surface area contributed by atoms with Gasteiger partial charge in [0.15, 0.2) is 0 Å². The SMILES string of the molecule is C[C@H](NC(=O)[C@H]1N2C(=O)c3ccccc3[C@H]2SC1(C)C)C(=O)NCc1ccc(F)cc1. The highest BCUT2D eigenvalue weighted by Gasteiger charge is 2.57. The largest absolute Gasteiger partial charge is 0.350 e. The molecule has 2 aromatic rings. The molecule has 2 heterocycles. The Morgan fingerprint density at radius 3 is 2.55 bits per heavy atom. The first-order chi connectivity index (χ1) is 14.7. The number of amides is 3. The maximum Gasteiger partial charge on any atom is 0.256 e. The van der Waals surface area contributed by atoms with E-state index < -0.39 is 16.8 Å². The summed E-state index contributed by atoms with van der Waals surface area (Å²) >= 11 is 1.58. The third-order valence-electron chi connectivity index (χ3n) is 5.68.